The monoisotopic (exact) mass is 390 g/mol. The molecule has 1 fully saturated rings. The summed E-state index contributed by atoms with van der Waals surface area (Å²) in [5.41, 5.74) is 2.23. The summed E-state index contributed by atoms with van der Waals surface area (Å²) in [4.78, 5) is 14.9. The van der Waals surface area contributed by atoms with Gasteiger partial charge >= 0.3 is 0 Å². The molecule has 3 rings (SSSR count). The maximum Gasteiger partial charge on any atom is 0.255 e. The van der Waals surface area contributed by atoms with Gasteiger partial charge in [-0.1, -0.05) is 23.7 Å². The third-order valence-corrected chi connectivity index (χ3v) is 4.74. The van der Waals surface area contributed by atoms with E-state index in [4.69, 9.17) is 25.8 Å². The average Bonchev–Trinajstić information content (AvgIpc) is 2.70. The van der Waals surface area contributed by atoms with Gasteiger partial charge in [-0.3, -0.25) is 9.69 Å². The first kappa shape index (κ1) is 19.5. The van der Waals surface area contributed by atoms with Crippen molar-refractivity contribution in [2.24, 2.45) is 0 Å². The van der Waals surface area contributed by atoms with E-state index in [1.165, 1.54) is 19.8 Å². The van der Waals surface area contributed by atoms with Crippen molar-refractivity contribution in [3.63, 3.8) is 0 Å². The molecule has 0 unspecified atom stereocenters. The summed E-state index contributed by atoms with van der Waals surface area (Å²) in [7, 11) is 3.04. The first-order valence-electron chi connectivity index (χ1n) is 8.72. The lowest BCUT2D eigenvalue weighted by atomic mass is 10.1. The van der Waals surface area contributed by atoms with Crippen LogP contribution in [-0.2, 0) is 11.3 Å². The number of hydrogen-bond donors (Lipinski definition) is 1. The Bertz CT molecular complexity index is 789. The van der Waals surface area contributed by atoms with Crippen molar-refractivity contribution >= 4 is 23.2 Å². The van der Waals surface area contributed by atoms with Gasteiger partial charge in [-0.15, -0.1) is 0 Å². The number of nitrogens with zero attached hydrogens (tertiary/aromatic N) is 1. The Morgan fingerprint density at radius 3 is 2.41 bits per heavy atom. The summed E-state index contributed by atoms with van der Waals surface area (Å²) in [6.07, 6.45) is 0. The zero-order valence-corrected chi connectivity index (χ0v) is 16.2. The van der Waals surface area contributed by atoms with E-state index in [2.05, 4.69) is 10.2 Å². The average molecular weight is 391 g/mol. The lowest BCUT2D eigenvalue weighted by Gasteiger charge is -2.26. The molecule has 0 aromatic heterocycles. The molecule has 0 aliphatic carbocycles. The summed E-state index contributed by atoms with van der Waals surface area (Å²) < 4.78 is 15.9. The Morgan fingerprint density at radius 1 is 1.11 bits per heavy atom. The maximum atomic E-state index is 12.6. The molecule has 27 heavy (non-hydrogen) atoms. The molecule has 2 aromatic carbocycles. The summed E-state index contributed by atoms with van der Waals surface area (Å²) in [6.45, 7) is 4.26. The molecule has 0 saturated carbocycles. The molecule has 1 aliphatic heterocycles. The molecule has 2 aromatic rings. The molecule has 1 amide bonds. The van der Waals surface area contributed by atoms with Crippen molar-refractivity contribution in [1.82, 2.24) is 4.90 Å². The normalized spacial score (nSPS) is 14.6. The molecule has 1 aliphatic rings. The van der Waals surface area contributed by atoms with E-state index in [1.54, 1.807) is 12.1 Å². The SMILES string of the molecule is COc1cc(NC(=O)c2ccc(CN3CCOCC3)cc2)c(OC)cc1Cl. The van der Waals surface area contributed by atoms with Gasteiger partial charge in [-0.05, 0) is 17.7 Å². The summed E-state index contributed by atoms with van der Waals surface area (Å²) in [5, 5.41) is 3.27. The number of anilines is 1. The van der Waals surface area contributed by atoms with Crippen LogP contribution in [-0.4, -0.2) is 51.3 Å². The van der Waals surface area contributed by atoms with Gasteiger partial charge in [0.25, 0.3) is 5.91 Å². The standard InChI is InChI=1S/C20H23ClN2O4/c1-25-18-12-17(19(26-2)11-16(18)21)22-20(24)15-5-3-14(4-6-15)13-23-7-9-27-10-8-23/h3-6,11-12H,7-10,13H2,1-2H3,(H,22,24). The van der Waals surface area contributed by atoms with Gasteiger partial charge in [0.15, 0.2) is 0 Å². The molecule has 1 N–H and O–H groups in total. The number of nitrogens with one attached hydrogen (secondary N) is 1. The zero-order chi connectivity index (χ0) is 19.2. The number of ether oxygens (including phenoxy) is 3. The van der Waals surface area contributed by atoms with Crippen LogP contribution < -0.4 is 14.8 Å². The molecule has 6 nitrogen and oxygen atoms in total. The molecule has 0 spiro atoms. The highest BCUT2D eigenvalue weighted by molar-refractivity contribution is 6.32. The quantitative estimate of drug-likeness (QED) is 0.818. The number of rotatable bonds is 6. The largest absolute Gasteiger partial charge is 0.495 e. The lowest BCUT2D eigenvalue weighted by molar-refractivity contribution is 0.0342. The van der Waals surface area contributed by atoms with Gasteiger partial charge in [0.2, 0.25) is 0 Å². The molecule has 1 heterocycles. The Hall–Kier alpha value is -2.28. The fourth-order valence-corrected chi connectivity index (χ4v) is 3.16. The van der Waals surface area contributed by atoms with Crippen molar-refractivity contribution in [2.75, 3.05) is 45.8 Å². The molecule has 1 saturated heterocycles. The Morgan fingerprint density at radius 2 is 1.78 bits per heavy atom. The number of morpholine rings is 1. The smallest absolute Gasteiger partial charge is 0.255 e. The second kappa shape index (κ2) is 9.08. The number of benzene rings is 2. The minimum Gasteiger partial charge on any atom is -0.495 e. The van der Waals surface area contributed by atoms with Crippen LogP contribution in [0.3, 0.4) is 0 Å². The highest BCUT2D eigenvalue weighted by atomic mass is 35.5. The zero-order valence-electron chi connectivity index (χ0n) is 15.5. The molecule has 7 heteroatoms. The molecular formula is C20H23ClN2O4. The van der Waals surface area contributed by atoms with Gasteiger partial charge in [-0.2, -0.15) is 0 Å². The second-order valence-electron chi connectivity index (χ2n) is 6.23. The van der Waals surface area contributed by atoms with Crippen molar-refractivity contribution in [3.05, 3.63) is 52.5 Å². The summed E-state index contributed by atoms with van der Waals surface area (Å²) >= 11 is 6.10. The highest BCUT2D eigenvalue weighted by Crippen LogP contribution is 2.36. The third kappa shape index (κ3) is 4.91. The van der Waals surface area contributed by atoms with Gasteiger partial charge < -0.3 is 19.5 Å². The highest BCUT2D eigenvalue weighted by Gasteiger charge is 2.15. The molecule has 0 bridgehead atoms. The van der Waals surface area contributed by atoms with Gasteiger partial charge in [0.1, 0.15) is 11.5 Å². The van der Waals surface area contributed by atoms with Gasteiger partial charge in [0, 0.05) is 37.3 Å². The van der Waals surface area contributed by atoms with Gasteiger partial charge in [0.05, 0.1) is 38.1 Å². The Labute approximate surface area is 164 Å². The van der Waals surface area contributed by atoms with E-state index in [-0.39, 0.29) is 5.91 Å². The van der Waals surface area contributed by atoms with Crippen molar-refractivity contribution in [2.45, 2.75) is 6.54 Å². The number of carbonyl (C=O) groups excluding carboxylic acids is 1. The van der Waals surface area contributed by atoms with E-state index in [0.29, 0.717) is 27.8 Å². The fraction of sp³-hybridized carbons (Fsp3) is 0.350. The van der Waals surface area contributed by atoms with Crippen LogP contribution in [0.1, 0.15) is 15.9 Å². The molecule has 144 valence electrons. The van der Waals surface area contributed by atoms with Crippen LogP contribution in [0.5, 0.6) is 11.5 Å². The Kier molecular flexibility index (Phi) is 6.55. The van der Waals surface area contributed by atoms with Crippen molar-refractivity contribution in [1.29, 1.82) is 0 Å². The fourth-order valence-electron chi connectivity index (χ4n) is 2.93. The van der Waals surface area contributed by atoms with E-state index in [0.717, 1.165) is 32.8 Å². The van der Waals surface area contributed by atoms with Crippen LogP contribution in [0.4, 0.5) is 5.69 Å². The minimum atomic E-state index is -0.226. The van der Waals surface area contributed by atoms with Crippen molar-refractivity contribution in [3.8, 4) is 11.5 Å². The topological polar surface area (TPSA) is 60.0 Å². The summed E-state index contributed by atoms with van der Waals surface area (Å²) in [5.74, 6) is 0.710. The van der Waals surface area contributed by atoms with Gasteiger partial charge in [-0.25, -0.2) is 0 Å². The molecular weight excluding hydrogens is 368 g/mol. The number of carbonyl (C=O) groups is 1. The number of hydrogen-bond acceptors (Lipinski definition) is 5. The first-order valence-corrected chi connectivity index (χ1v) is 9.10. The predicted molar refractivity (Wildman–Crippen MR) is 105 cm³/mol. The van der Waals surface area contributed by atoms with Crippen LogP contribution in [0.2, 0.25) is 5.02 Å². The minimum absolute atomic E-state index is 0.226. The van der Waals surface area contributed by atoms with Crippen LogP contribution >= 0.6 is 11.6 Å². The van der Waals surface area contributed by atoms with E-state index in [1.807, 2.05) is 24.3 Å². The van der Waals surface area contributed by atoms with Crippen LogP contribution in [0.25, 0.3) is 0 Å². The first-order chi connectivity index (χ1) is 13.1. The second-order valence-corrected chi connectivity index (χ2v) is 6.63. The summed E-state index contributed by atoms with van der Waals surface area (Å²) in [6, 6.07) is 10.9. The van der Waals surface area contributed by atoms with Crippen molar-refractivity contribution < 1.29 is 19.0 Å². The predicted octanol–water partition coefficient (Wildman–Crippen LogP) is 3.44. The number of halogens is 1. The van der Waals surface area contributed by atoms with Crippen LogP contribution in [0.15, 0.2) is 36.4 Å². The number of amides is 1. The van der Waals surface area contributed by atoms with Crippen LogP contribution in [0, 0.1) is 0 Å². The Balaban J connectivity index is 1.69. The van der Waals surface area contributed by atoms with E-state index in [9.17, 15) is 4.79 Å². The molecule has 0 atom stereocenters. The third-order valence-electron chi connectivity index (χ3n) is 4.45. The number of methoxy groups -OCH3 is 2. The lowest BCUT2D eigenvalue weighted by Crippen LogP contribution is -2.35. The van der Waals surface area contributed by atoms with E-state index >= 15 is 0 Å². The van der Waals surface area contributed by atoms with E-state index < -0.39 is 0 Å². The maximum absolute atomic E-state index is 12.6. The molecule has 0 radical (unpaired) electrons.